The number of H-pyrrole nitrogens is 1. The Hall–Kier alpha value is -6.41. The van der Waals surface area contributed by atoms with Crippen LogP contribution in [-0.2, 0) is 31.4 Å². The van der Waals surface area contributed by atoms with E-state index < -0.39 is 64.9 Å². The molecule has 2 fully saturated rings. The molecule has 21 heteroatoms. The van der Waals surface area contributed by atoms with Gasteiger partial charge in [0.15, 0.2) is 5.82 Å². The van der Waals surface area contributed by atoms with Crippen molar-refractivity contribution in [1.29, 1.82) is 0 Å². The van der Waals surface area contributed by atoms with Crippen LogP contribution in [0.15, 0.2) is 60.7 Å². The average Bonchev–Trinajstić information content (AvgIpc) is 3.72. The molecule has 0 spiro atoms. The summed E-state index contributed by atoms with van der Waals surface area (Å²) in [7, 11) is 0. The lowest BCUT2D eigenvalue weighted by atomic mass is 9.81. The maximum Gasteiger partial charge on any atom is 0.460 e. The van der Waals surface area contributed by atoms with Crippen molar-refractivity contribution >= 4 is 46.6 Å². The largest absolute Gasteiger partial charge is 0.460 e. The number of hydrogen-bond acceptors (Lipinski definition) is 8. The number of anilines is 1. The number of amides is 5. The van der Waals surface area contributed by atoms with E-state index in [2.05, 4.69) is 26.3 Å². The molecule has 1 atom stereocenters. The number of benzene rings is 3. The highest BCUT2D eigenvalue weighted by molar-refractivity contribution is 5.99. The molecule has 1 aliphatic carbocycles. The molecule has 5 amide bonds. The molecule has 4 aromatic rings. The van der Waals surface area contributed by atoms with E-state index >= 15 is 0 Å². The zero-order valence-corrected chi connectivity index (χ0v) is 40.6. The van der Waals surface area contributed by atoms with Gasteiger partial charge in [0, 0.05) is 49.3 Å². The Bertz CT molecular complexity index is 2570. The molecule has 3 aromatic carbocycles. The first-order chi connectivity index (χ1) is 33.0. The fourth-order valence-electron chi connectivity index (χ4n) is 8.45. The van der Waals surface area contributed by atoms with E-state index in [1.54, 1.807) is 70.7 Å². The molecule has 14 nitrogen and oxygen atoms in total. The zero-order valence-electron chi connectivity index (χ0n) is 40.6. The highest BCUT2D eigenvalue weighted by Gasteiger charge is 2.75. The van der Waals surface area contributed by atoms with Crippen LogP contribution in [0.1, 0.15) is 107 Å². The summed E-state index contributed by atoms with van der Waals surface area (Å²) in [5.74, 6) is -15.9. The molecule has 6 rings (SSSR count). The zero-order chi connectivity index (χ0) is 52.3. The van der Waals surface area contributed by atoms with E-state index in [0.717, 1.165) is 28.8 Å². The standard InChI is InChI=1S/C50H60F7N7O7/c1-28-24-33(41(66)59-34-20-22-64(23-21-34)45(69)71-47(5,6)7)16-18-36(28)31-12-8-29(9-13-31)25-39(61-40(65)32-14-10-30(11-15-32)27-58-44(68)70-46(2,3)4)42(67)60-35-17-19-37-38(26-35)63-43(62-37)48(51,52)49(53,54)50(55,56)57/h8-9,12-13,16-19,24,26,30,32,34,39H,10-11,14-15,20-23,25,27H2,1-7H3,(H,58,68)(H,59,66)(H,60,67)(H,61,65)(H,62,63)/t30?,32?,39-/m0/s1. The number of hydrogen-bond donors (Lipinski definition) is 5. The number of aromatic nitrogens is 2. The van der Waals surface area contributed by atoms with E-state index in [0.29, 0.717) is 69.3 Å². The molecule has 2 heterocycles. The van der Waals surface area contributed by atoms with Gasteiger partial charge in [-0.3, -0.25) is 14.4 Å². The molecule has 0 unspecified atom stereocenters. The van der Waals surface area contributed by atoms with Crippen molar-refractivity contribution < 1.29 is 64.2 Å². The highest BCUT2D eigenvalue weighted by atomic mass is 19.4. The molecule has 1 saturated heterocycles. The van der Waals surface area contributed by atoms with Gasteiger partial charge in [-0.1, -0.05) is 30.3 Å². The number of imidazole rings is 1. The molecular weight excluding hydrogens is 944 g/mol. The van der Waals surface area contributed by atoms with Crippen LogP contribution in [0, 0.1) is 18.8 Å². The summed E-state index contributed by atoms with van der Waals surface area (Å²) in [6, 6.07) is 14.4. The minimum Gasteiger partial charge on any atom is -0.444 e. The molecule has 1 saturated carbocycles. The van der Waals surface area contributed by atoms with Gasteiger partial charge in [-0.25, -0.2) is 14.6 Å². The van der Waals surface area contributed by atoms with Crippen molar-refractivity contribution in [2.45, 2.75) is 135 Å². The summed E-state index contributed by atoms with van der Waals surface area (Å²) >= 11 is 0. The first-order valence-electron chi connectivity index (χ1n) is 23.4. The van der Waals surface area contributed by atoms with Crippen molar-refractivity contribution in [3.63, 3.8) is 0 Å². The second kappa shape index (κ2) is 21.1. The lowest BCUT2D eigenvalue weighted by Crippen LogP contribution is -2.50. The highest BCUT2D eigenvalue weighted by Crippen LogP contribution is 2.51. The van der Waals surface area contributed by atoms with Crippen LogP contribution in [0.5, 0.6) is 0 Å². The van der Waals surface area contributed by atoms with Crippen LogP contribution >= 0.6 is 0 Å². The Morgan fingerprint density at radius 2 is 1.42 bits per heavy atom. The first kappa shape index (κ1) is 53.9. The lowest BCUT2D eigenvalue weighted by Gasteiger charge is -2.33. The number of aryl methyl sites for hydroxylation is 1. The second-order valence-electron chi connectivity index (χ2n) is 20.3. The third-order valence-electron chi connectivity index (χ3n) is 12.3. The van der Waals surface area contributed by atoms with Gasteiger partial charge in [0.2, 0.25) is 11.8 Å². The molecular formula is C50H60F7N7O7. The fraction of sp³-hybridized carbons (Fsp3) is 0.520. The predicted octanol–water partition coefficient (Wildman–Crippen LogP) is 9.95. The van der Waals surface area contributed by atoms with E-state index in [9.17, 15) is 54.7 Å². The number of carbonyl (C=O) groups excluding carboxylic acids is 5. The van der Waals surface area contributed by atoms with Crippen LogP contribution in [0.25, 0.3) is 22.2 Å². The number of piperidine rings is 1. The Kier molecular flexibility index (Phi) is 16.0. The van der Waals surface area contributed by atoms with Gasteiger partial charge in [0.25, 0.3) is 5.91 Å². The number of likely N-dealkylation sites (tertiary alicyclic amines) is 1. The number of aromatic amines is 1. The predicted molar refractivity (Wildman–Crippen MR) is 250 cm³/mol. The van der Waals surface area contributed by atoms with E-state index in [4.69, 9.17) is 9.47 Å². The minimum atomic E-state index is -6.58. The second-order valence-corrected chi connectivity index (χ2v) is 20.3. The average molecular weight is 1000 g/mol. The van der Waals surface area contributed by atoms with E-state index in [-0.39, 0.29) is 47.1 Å². The van der Waals surface area contributed by atoms with Crippen molar-refractivity contribution in [2.24, 2.45) is 11.8 Å². The Morgan fingerprint density at radius 3 is 2.01 bits per heavy atom. The topological polar surface area (TPSA) is 184 Å². The van der Waals surface area contributed by atoms with Gasteiger partial charge in [0.1, 0.15) is 17.2 Å². The van der Waals surface area contributed by atoms with Crippen molar-refractivity contribution in [2.75, 3.05) is 25.0 Å². The van der Waals surface area contributed by atoms with Crippen molar-refractivity contribution in [3.8, 4) is 11.1 Å². The third-order valence-corrected chi connectivity index (χ3v) is 12.3. The number of fused-ring (bicyclic) bond motifs is 1. The number of alkyl halides is 7. The van der Waals surface area contributed by atoms with Crippen molar-refractivity contribution in [3.05, 3.63) is 83.2 Å². The molecule has 1 aromatic heterocycles. The SMILES string of the molecule is Cc1cc(C(=O)NC2CCN(C(=O)OC(C)(C)C)CC2)ccc1-c1ccc(C[C@H](NC(=O)C2CCC(CNC(=O)OC(C)(C)C)CC2)C(=O)Nc2ccc3nc(C(F)(F)C(F)(F)C(F)(F)F)[nH]c3c2)cc1. The number of ether oxygens (including phenoxy) is 2. The van der Waals surface area contributed by atoms with Crippen molar-refractivity contribution in [1.82, 2.24) is 30.8 Å². The van der Waals surface area contributed by atoms with Crippen LogP contribution < -0.4 is 21.3 Å². The molecule has 0 radical (unpaired) electrons. The van der Waals surface area contributed by atoms with Gasteiger partial charge in [-0.15, -0.1) is 0 Å². The fourth-order valence-corrected chi connectivity index (χ4v) is 8.45. The number of nitrogens with zero attached hydrogens (tertiary/aromatic N) is 2. The smallest absolute Gasteiger partial charge is 0.444 e. The minimum absolute atomic E-state index is 0.0308. The van der Waals surface area contributed by atoms with Crippen LogP contribution in [-0.4, -0.2) is 99.8 Å². The molecule has 1 aliphatic heterocycles. The number of alkyl carbamates (subject to hydrolysis) is 1. The normalized spacial score (nSPS) is 17.8. The monoisotopic (exact) mass is 1000 g/mol. The Balaban J connectivity index is 1.13. The van der Waals surface area contributed by atoms with Gasteiger partial charge in [-0.05, 0) is 145 Å². The molecule has 2 aliphatic rings. The number of halogens is 7. The van der Waals surface area contributed by atoms with Gasteiger partial charge < -0.3 is 40.6 Å². The molecule has 5 N–H and O–H groups in total. The third kappa shape index (κ3) is 13.7. The maximum atomic E-state index is 14.5. The van der Waals surface area contributed by atoms with Crippen LogP contribution in [0.3, 0.4) is 0 Å². The Labute approximate surface area is 406 Å². The van der Waals surface area contributed by atoms with Gasteiger partial charge in [-0.2, -0.15) is 30.7 Å². The van der Waals surface area contributed by atoms with Crippen LogP contribution in [0.4, 0.5) is 46.0 Å². The number of rotatable bonds is 13. The summed E-state index contributed by atoms with van der Waals surface area (Å²) in [5.41, 5.74) is 1.43. The molecule has 386 valence electrons. The summed E-state index contributed by atoms with van der Waals surface area (Å²) in [6.07, 6.45) is -4.26. The Morgan fingerprint density at radius 1 is 0.789 bits per heavy atom. The summed E-state index contributed by atoms with van der Waals surface area (Å²) in [4.78, 5) is 72.5. The quantitative estimate of drug-likeness (QED) is 0.0820. The summed E-state index contributed by atoms with van der Waals surface area (Å²) in [6.45, 7) is 13.8. The number of carbonyl (C=O) groups is 5. The number of nitrogens with one attached hydrogen (secondary N) is 5. The molecule has 0 bridgehead atoms. The lowest BCUT2D eigenvalue weighted by molar-refractivity contribution is -0.361. The summed E-state index contributed by atoms with van der Waals surface area (Å²) < 4.78 is 106. The molecule has 71 heavy (non-hydrogen) atoms. The summed E-state index contributed by atoms with van der Waals surface area (Å²) in [5, 5.41) is 11.3. The maximum absolute atomic E-state index is 14.5. The van der Waals surface area contributed by atoms with E-state index in [1.807, 2.05) is 30.1 Å². The van der Waals surface area contributed by atoms with Gasteiger partial charge in [0.05, 0.1) is 11.0 Å². The first-order valence-corrected chi connectivity index (χ1v) is 23.4. The van der Waals surface area contributed by atoms with E-state index in [1.165, 1.54) is 6.07 Å². The van der Waals surface area contributed by atoms with Crippen LogP contribution in [0.2, 0.25) is 0 Å². The van der Waals surface area contributed by atoms with Gasteiger partial charge >= 0.3 is 30.2 Å².